The van der Waals surface area contributed by atoms with Crippen molar-refractivity contribution >= 4 is 22.0 Å². The number of halogens is 2. The lowest BCUT2D eigenvalue weighted by Crippen LogP contribution is -2.34. The van der Waals surface area contributed by atoms with E-state index in [2.05, 4.69) is 31.3 Å². The molecule has 0 atom stereocenters. The van der Waals surface area contributed by atoms with Gasteiger partial charge in [0.2, 0.25) is 0 Å². The zero-order valence-electron chi connectivity index (χ0n) is 15.5. The Kier molecular flexibility index (Phi) is 6.53. The van der Waals surface area contributed by atoms with Crippen LogP contribution in [0.2, 0.25) is 0 Å². The highest BCUT2D eigenvalue weighted by Gasteiger charge is 2.16. The van der Waals surface area contributed by atoms with Gasteiger partial charge >= 0.3 is 11.8 Å². The molecule has 146 valence electrons. The van der Waals surface area contributed by atoms with Crippen LogP contribution in [0, 0.1) is 6.92 Å². The van der Waals surface area contributed by atoms with Crippen LogP contribution in [0.15, 0.2) is 39.9 Å². The number of ether oxygens (including phenoxy) is 1. The molecule has 2 aromatic heterocycles. The normalized spacial score (nSPS) is 12.1. The van der Waals surface area contributed by atoms with E-state index >= 15 is 0 Å². The predicted octanol–water partition coefficient (Wildman–Crippen LogP) is 2.88. The Morgan fingerprint density at radius 2 is 2.15 bits per heavy atom. The third kappa shape index (κ3) is 5.75. The second kappa shape index (κ2) is 8.47. The molecule has 2 heterocycles. The van der Waals surface area contributed by atoms with E-state index in [-0.39, 0.29) is 18.7 Å². The minimum atomic E-state index is -0.670. The molecule has 0 saturated heterocycles. The van der Waals surface area contributed by atoms with E-state index in [1.807, 2.05) is 6.92 Å². The summed E-state index contributed by atoms with van der Waals surface area (Å²) in [7, 11) is 0. The molecule has 1 amide bonds. The van der Waals surface area contributed by atoms with Crippen LogP contribution >= 0.6 is 15.9 Å². The van der Waals surface area contributed by atoms with Gasteiger partial charge in [0.1, 0.15) is 16.5 Å². The number of aryl methyl sites for hydroxylation is 1. The molecule has 0 aromatic carbocycles. The van der Waals surface area contributed by atoms with E-state index in [9.17, 15) is 14.0 Å². The van der Waals surface area contributed by atoms with Crippen LogP contribution in [0.1, 0.15) is 26.3 Å². The topological polar surface area (TPSA) is 91.0 Å². The van der Waals surface area contributed by atoms with E-state index in [4.69, 9.17) is 4.74 Å². The first-order valence-electron chi connectivity index (χ1n) is 8.12. The molecule has 2 aromatic rings. The van der Waals surface area contributed by atoms with Crippen molar-refractivity contribution in [3.05, 3.63) is 51.1 Å². The Morgan fingerprint density at radius 3 is 2.74 bits per heavy atom. The van der Waals surface area contributed by atoms with Crippen LogP contribution < -0.4 is 11.0 Å². The standard InChI is InChI=1S/C17H21BrFN5O3/c1-11-5-13(8-20-14(11)18)23-10-22-24(16(23)26)9-12(6-19)7-21-15(25)27-17(2,3)4/h5-6,8,10H,7,9H2,1-4H3,(H,21,25)/b12-6-. The van der Waals surface area contributed by atoms with E-state index in [1.54, 1.807) is 26.8 Å². The lowest BCUT2D eigenvalue weighted by atomic mass is 10.2. The maximum atomic E-state index is 13.2. The summed E-state index contributed by atoms with van der Waals surface area (Å²) >= 11 is 3.30. The summed E-state index contributed by atoms with van der Waals surface area (Å²) in [6, 6.07) is 1.78. The smallest absolute Gasteiger partial charge is 0.407 e. The SMILES string of the molecule is Cc1cc(-n2cnn(C/C(=C\F)CNC(=O)OC(C)(C)C)c2=O)cnc1Br. The molecule has 0 bridgehead atoms. The highest BCUT2D eigenvalue weighted by Crippen LogP contribution is 2.15. The lowest BCUT2D eigenvalue weighted by Gasteiger charge is -2.19. The van der Waals surface area contributed by atoms with Crippen molar-refractivity contribution in [3.8, 4) is 5.69 Å². The molecule has 2 rings (SSSR count). The molecular formula is C17H21BrFN5O3. The number of amides is 1. The van der Waals surface area contributed by atoms with Gasteiger partial charge in [-0.2, -0.15) is 5.10 Å². The van der Waals surface area contributed by atoms with Gasteiger partial charge in [-0.25, -0.2) is 28.2 Å². The van der Waals surface area contributed by atoms with Gasteiger partial charge in [-0.3, -0.25) is 0 Å². The average molecular weight is 442 g/mol. The molecule has 0 aliphatic rings. The zero-order chi connectivity index (χ0) is 20.2. The van der Waals surface area contributed by atoms with Crippen LogP contribution in [0.5, 0.6) is 0 Å². The maximum Gasteiger partial charge on any atom is 0.407 e. The monoisotopic (exact) mass is 441 g/mol. The van der Waals surface area contributed by atoms with Crippen LogP contribution in [-0.4, -0.2) is 37.6 Å². The number of pyridine rings is 1. The minimum Gasteiger partial charge on any atom is -0.444 e. The molecule has 0 radical (unpaired) electrons. The molecular weight excluding hydrogens is 421 g/mol. The fourth-order valence-electron chi connectivity index (χ4n) is 2.12. The summed E-state index contributed by atoms with van der Waals surface area (Å²) < 4.78 is 21.4. The number of aromatic nitrogens is 4. The number of hydrogen-bond acceptors (Lipinski definition) is 5. The summed E-state index contributed by atoms with van der Waals surface area (Å²) in [6.07, 6.45) is 2.54. The first-order chi connectivity index (χ1) is 12.6. The summed E-state index contributed by atoms with van der Waals surface area (Å²) in [5.41, 5.74) is 0.465. The number of rotatable bonds is 5. The van der Waals surface area contributed by atoms with Gasteiger partial charge in [0, 0.05) is 6.54 Å². The average Bonchev–Trinajstić information content (AvgIpc) is 2.93. The first kappa shape index (κ1) is 20.8. The number of carbonyl (C=O) groups is 1. The van der Waals surface area contributed by atoms with E-state index in [0.717, 1.165) is 10.2 Å². The molecule has 0 aliphatic heterocycles. The lowest BCUT2D eigenvalue weighted by molar-refractivity contribution is 0.0532. The Balaban J connectivity index is 2.08. The molecule has 27 heavy (non-hydrogen) atoms. The second-order valence-corrected chi connectivity index (χ2v) is 7.62. The van der Waals surface area contributed by atoms with Crippen molar-refractivity contribution in [2.24, 2.45) is 0 Å². The van der Waals surface area contributed by atoms with Gasteiger partial charge < -0.3 is 10.1 Å². The second-order valence-electron chi connectivity index (χ2n) is 6.87. The number of nitrogens with zero attached hydrogens (tertiary/aromatic N) is 4. The van der Waals surface area contributed by atoms with E-state index in [0.29, 0.717) is 16.6 Å². The zero-order valence-corrected chi connectivity index (χ0v) is 17.1. The van der Waals surface area contributed by atoms with Crippen molar-refractivity contribution in [2.75, 3.05) is 6.54 Å². The molecule has 1 N–H and O–H groups in total. The Morgan fingerprint density at radius 1 is 1.44 bits per heavy atom. The number of nitrogens with one attached hydrogen (secondary N) is 1. The Labute approximate surface area is 164 Å². The van der Waals surface area contributed by atoms with Gasteiger partial charge in [-0.05, 0) is 60.8 Å². The molecule has 10 heteroatoms. The maximum absolute atomic E-state index is 13.2. The number of carbonyl (C=O) groups excluding carboxylic acids is 1. The fraction of sp³-hybridized carbons (Fsp3) is 0.412. The summed E-state index contributed by atoms with van der Waals surface area (Å²) in [6.45, 7) is 6.81. The van der Waals surface area contributed by atoms with Gasteiger partial charge in [-0.15, -0.1) is 0 Å². The highest BCUT2D eigenvalue weighted by molar-refractivity contribution is 9.10. The summed E-state index contributed by atoms with van der Waals surface area (Å²) in [4.78, 5) is 28.3. The van der Waals surface area contributed by atoms with Crippen molar-refractivity contribution in [1.82, 2.24) is 24.6 Å². The van der Waals surface area contributed by atoms with Gasteiger partial charge in [-0.1, -0.05) is 0 Å². The number of hydrogen-bond donors (Lipinski definition) is 1. The molecule has 0 aliphatic carbocycles. The van der Waals surface area contributed by atoms with Gasteiger partial charge in [0.05, 0.1) is 24.8 Å². The Hall–Kier alpha value is -2.49. The van der Waals surface area contributed by atoms with Gasteiger partial charge in [0.25, 0.3) is 0 Å². The largest absolute Gasteiger partial charge is 0.444 e. The van der Waals surface area contributed by atoms with Crippen LogP contribution in [0.3, 0.4) is 0 Å². The first-order valence-corrected chi connectivity index (χ1v) is 8.92. The minimum absolute atomic E-state index is 0.107. The molecule has 0 fully saturated rings. The summed E-state index contributed by atoms with van der Waals surface area (Å²) in [5, 5.41) is 6.44. The molecule has 0 saturated carbocycles. The van der Waals surface area contributed by atoms with Crippen molar-refractivity contribution in [2.45, 2.75) is 39.8 Å². The Bertz CT molecular complexity index is 914. The van der Waals surface area contributed by atoms with E-state index in [1.165, 1.54) is 17.1 Å². The van der Waals surface area contributed by atoms with Crippen LogP contribution in [-0.2, 0) is 11.3 Å². The fourth-order valence-corrected chi connectivity index (χ4v) is 2.34. The van der Waals surface area contributed by atoms with Crippen molar-refractivity contribution in [1.29, 1.82) is 0 Å². The van der Waals surface area contributed by atoms with E-state index < -0.39 is 17.4 Å². The van der Waals surface area contributed by atoms with Crippen molar-refractivity contribution < 1.29 is 13.9 Å². The van der Waals surface area contributed by atoms with Crippen molar-refractivity contribution in [3.63, 3.8) is 0 Å². The third-order valence-electron chi connectivity index (χ3n) is 3.38. The number of alkyl carbamates (subject to hydrolysis) is 1. The molecule has 0 spiro atoms. The van der Waals surface area contributed by atoms with Crippen LogP contribution in [0.25, 0.3) is 5.69 Å². The summed E-state index contributed by atoms with van der Waals surface area (Å²) in [5.74, 6) is 0. The van der Waals surface area contributed by atoms with Gasteiger partial charge in [0.15, 0.2) is 0 Å². The predicted molar refractivity (Wildman–Crippen MR) is 101 cm³/mol. The molecule has 8 nitrogen and oxygen atoms in total. The quantitative estimate of drug-likeness (QED) is 0.720. The van der Waals surface area contributed by atoms with Crippen LogP contribution in [0.4, 0.5) is 9.18 Å². The third-order valence-corrected chi connectivity index (χ3v) is 4.21. The molecule has 0 unspecified atom stereocenters. The highest BCUT2D eigenvalue weighted by atomic mass is 79.9.